The average Bonchev–Trinajstić information content (AvgIpc) is 2.42. The predicted octanol–water partition coefficient (Wildman–Crippen LogP) is 1.69. The molecule has 1 aromatic rings. The number of hydrogen-bond acceptors (Lipinski definition) is 4. The lowest BCUT2D eigenvalue weighted by molar-refractivity contribution is 0.0985. The number of likely N-dealkylation sites (tertiary alicyclic amines) is 1. The van der Waals surface area contributed by atoms with Crippen molar-refractivity contribution in [2.45, 2.75) is 25.4 Å². The van der Waals surface area contributed by atoms with Crippen LogP contribution in [-0.2, 0) is 0 Å². The van der Waals surface area contributed by atoms with Crippen LogP contribution in [0.3, 0.4) is 0 Å². The summed E-state index contributed by atoms with van der Waals surface area (Å²) in [5, 5.41) is 0. The maximum atomic E-state index is 11.7. The molecule has 4 heteroatoms. The number of ketones is 1. The Hall–Kier alpha value is -1.39. The van der Waals surface area contributed by atoms with Crippen molar-refractivity contribution in [2.75, 3.05) is 26.7 Å². The van der Waals surface area contributed by atoms with E-state index in [-0.39, 0.29) is 5.78 Å². The van der Waals surface area contributed by atoms with E-state index >= 15 is 0 Å². The molecule has 1 fully saturated rings. The molecule has 0 aliphatic carbocycles. The molecule has 1 aromatic carbocycles. The van der Waals surface area contributed by atoms with Crippen LogP contribution in [0.2, 0.25) is 0 Å². The van der Waals surface area contributed by atoms with E-state index in [4.69, 9.17) is 10.5 Å². The van der Waals surface area contributed by atoms with E-state index in [1.165, 1.54) is 0 Å². The van der Waals surface area contributed by atoms with Gasteiger partial charge in [-0.15, -0.1) is 0 Å². The number of nitrogens with two attached hydrogens (primary N) is 1. The molecule has 0 bridgehead atoms. The molecule has 1 aliphatic heterocycles. The van der Waals surface area contributed by atoms with Crippen LogP contribution < -0.4 is 10.5 Å². The molecule has 19 heavy (non-hydrogen) atoms. The third-order valence-electron chi connectivity index (χ3n) is 3.52. The number of carbonyl (C=O) groups excluding carboxylic acids is 1. The van der Waals surface area contributed by atoms with Gasteiger partial charge in [-0.3, -0.25) is 4.79 Å². The monoisotopic (exact) mass is 262 g/mol. The van der Waals surface area contributed by atoms with Crippen molar-refractivity contribution in [1.29, 1.82) is 0 Å². The van der Waals surface area contributed by atoms with Crippen LogP contribution in [0.5, 0.6) is 5.75 Å². The van der Waals surface area contributed by atoms with Gasteiger partial charge >= 0.3 is 0 Å². The summed E-state index contributed by atoms with van der Waals surface area (Å²) in [5.41, 5.74) is 6.09. The zero-order valence-corrected chi connectivity index (χ0v) is 11.5. The maximum absolute atomic E-state index is 11.7. The normalized spacial score (nSPS) is 17.4. The second-order valence-electron chi connectivity index (χ2n) is 5.11. The van der Waals surface area contributed by atoms with E-state index in [1.54, 1.807) is 0 Å². The van der Waals surface area contributed by atoms with E-state index in [1.807, 2.05) is 24.3 Å². The molecular formula is C15H22N2O2. The Morgan fingerprint density at radius 2 is 1.95 bits per heavy atom. The molecule has 1 heterocycles. The summed E-state index contributed by atoms with van der Waals surface area (Å²) in [4.78, 5) is 14.0. The molecule has 0 radical (unpaired) electrons. The van der Waals surface area contributed by atoms with Gasteiger partial charge in [0.2, 0.25) is 0 Å². The predicted molar refractivity (Wildman–Crippen MR) is 75.6 cm³/mol. The minimum Gasteiger partial charge on any atom is -0.490 e. The van der Waals surface area contributed by atoms with Gasteiger partial charge in [-0.2, -0.15) is 0 Å². The number of rotatable bonds is 5. The van der Waals surface area contributed by atoms with Crippen LogP contribution >= 0.6 is 0 Å². The van der Waals surface area contributed by atoms with E-state index < -0.39 is 0 Å². The summed E-state index contributed by atoms with van der Waals surface area (Å²) in [6, 6.07) is 7.40. The van der Waals surface area contributed by atoms with E-state index in [2.05, 4.69) is 11.9 Å². The quantitative estimate of drug-likeness (QED) is 0.820. The molecule has 0 unspecified atom stereocenters. The van der Waals surface area contributed by atoms with Crippen LogP contribution in [0.1, 0.15) is 29.6 Å². The van der Waals surface area contributed by atoms with Gasteiger partial charge in [0, 0.05) is 25.1 Å². The largest absolute Gasteiger partial charge is 0.490 e. The van der Waals surface area contributed by atoms with Gasteiger partial charge < -0.3 is 15.4 Å². The van der Waals surface area contributed by atoms with Gasteiger partial charge in [-0.25, -0.2) is 0 Å². The number of carbonyl (C=O) groups is 1. The first-order chi connectivity index (χ1) is 9.19. The lowest BCUT2D eigenvalue weighted by atomic mass is 10.1. The topological polar surface area (TPSA) is 55.6 Å². The lowest BCUT2D eigenvalue weighted by Crippen LogP contribution is -2.35. The van der Waals surface area contributed by atoms with Crippen LogP contribution in [0.25, 0.3) is 0 Å². The fourth-order valence-electron chi connectivity index (χ4n) is 2.29. The first kappa shape index (κ1) is 14.0. The minimum absolute atomic E-state index is 0.0911. The molecule has 2 rings (SSSR count). The average molecular weight is 262 g/mol. The standard InChI is InChI=1S/C15H22N2O2/c1-17-10-7-14(8-11-17)19-13-4-2-12(3-5-13)15(18)6-9-16/h2-5,14H,6-11,16H2,1H3. The van der Waals surface area contributed by atoms with Crippen molar-refractivity contribution in [1.82, 2.24) is 4.90 Å². The van der Waals surface area contributed by atoms with Crippen LogP contribution in [0, 0.1) is 0 Å². The highest BCUT2D eigenvalue weighted by atomic mass is 16.5. The Kier molecular flexibility index (Phi) is 4.93. The SMILES string of the molecule is CN1CCC(Oc2ccc(C(=O)CCN)cc2)CC1. The summed E-state index contributed by atoms with van der Waals surface area (Å²) in [6.07, 6.45) is 2.81. The highest BCUT2D eigenvalue weighted by Gasteiger charge is 2.17. The highest BCUT2D eigenvalue weighted by Crippen LogP contribution is 2.19. The molecule has 1 saturated heterocycles. The lowest BCUT2D eigenvalue weighted by Gasteiger charge is -2.29. The third kappa shape index (κ3) is 4.04. The van der Waals surface area contributed by atoms with Crippen molar-refractivity contribution in [3.8, 4) is 5.75 Å². The van der Waals surface area contributed by atoms with Crippen LogP contribution in [0.4, 0.5) is 0 Å². The summed E-state index contributed by atoms with van der Waals surface area (Å²) in [6.45, 7) is 2.56. The Morgan fingerprint density at radius 1 is 1.32 bits per heavy atom. The summed E-state index contributed by atoms with van der Waals surface area (Å²) in [7, 11) is 2.13. The van der Waals surface area contributed by atoms with E-state index in [9.17, 15) is 4.79 Å². The first-order valence-corrected chi connectivity index (χ1v) is 6.87. The smallest absolute Gasteiger partial charge is 0.164 e. The Balaban J connectivity index is 1.90. The Morgan fingerprint density at radius 3 is 2.53 bits per heavy atom. The van der Waals surface area contributed by atoms with Crippen LogP contribution in [0.15, 0.2) is 24.3 Å². The van der Waals surface area contributed by atoms with Gasteiger partial charge in [0.05, 0.1) is 0 Å². The van der Waals surface area contributed by atoms with Gasteiger partial charge in [0.25, 0.3) is 0 Å². The number of hydrogen-bond donors (Lipinski definition) is 1. The third-order valence-corrected chi connectivity index (χ3v) is 3.52. The van der Waals surface area contributed by atoms with Crippen molar-refractivity contribution >= 4 is 5.78 Å². The van der Waals surface area contributed by atoms with Gasteiger partial charge in [0.15, 0.2) is 5.78 Å². The van der Waals surface area contributed by atoms with Crippen molar-refractivity contribution < 1.29 is 9.53 Å². The molecule has 4 nitrogen and oxygen atoms in total. The summed E-state index contributed by atoms with van der Waals surface area (Å²) in [5.74, 6) is 0.937. The minimum atomic E-state index is 0.0911. The first-order valence-electron chi connectivity index (χ1n) is 6.87. The summed E-state index contributed by atoms with van der Waals surface area (Å²) >= 11 is 0. The fraction of sp³-hybridized carbons (Fsp3) is 0.533. The molecule has 0 amide bonds. The zero-order valence-electron chi connectivity index (χ0n) is 11.5. The number of benzene rings is 1. The molecular weight excluding hydrogens is 240 g/mol. The highest BCUT2D eigenvalue weighted by molar-refractivity contribution is 5.96. The molecule has 2 N–H and O–H groups in total. The Labute approximate surface area is 114 Å². The van der Waals surface area contributed by atoms with Gasteiger partial charge in [-0.05, 0) is 50.7 Å². The summed E-state index contributed by atoms with van der Waals surface area (Å²) < 4.78 is 5.94. The van der Waals surface area contributed by atoms with Gasteiger partial charge in [-0.1, -0.05) is 0 Å². The van der Waals surface area contributed by atoms with E-state index in [0.717, 1.165) is 31.7 Å². The number of nitrogens with zero attached hydrogens (tertiary/aromatic N) is 1. The molecule has 0 spiro atoms. The van der Waals surface area contributed by atoms with Gasteiger partial charge in [0.1, 0.15) is 11.9 Å². The number of piperidine rings is 1. The maximum Gasteiger partial charge on any atom is 0.164 e. The van der Waals surface area contributed by atoms with E-state index in [0.29, 0.717) is 24.6 Å². The second kappa shape index (κ2) is 6.68. The zero-order chi connectivity index (χ0) is 13.7. The fourth-order valence-corrected chi connectivity index (χ4v) is 2.29. The molecule has 0 aromatic heterocycles. The second-order valence-corrected chi connectivity index (χ2v) is 5.11. The van der Waals surface area contributed by atoms with Crippen LogP contribution in [-0.4, -0.2) is 43.5 Å². The van der Waals surface area contributed by atoms with Crippen molar-refractivity contribution in [3.63, 3.8) is 0 Å². The molecule has 104 valence electrons. The number of ether oxygens (including phenoxy) is 1. The number of Topliss-reactive ketones (excluding diaryl/α,β-unsaturated/α-hetero) is 1. The Bertz CT molecular complexity index is 409. The van der Waals surface area contributed by atoms with Crippen molar-refractivity contribution in [2.24, 2.45) is 5.73 Å². The molecule has 0 atom stereocenters. The van der Waals surface area contributed by atoms with Crippen molar-refractivity contribution in [3.05, 3.63) is 29.8 Å². The molecule has 1 aliphatic rings. The molecule has 0 saturated carbocycles.